The van der Waals surface area contributed by atoms with Gasteiger partial charge in [-0.15, -0.1) is 0 Å². The Morgan fingerprint density at radius 3 is 2.63 bits per heavy atom. The highest BCUT2D eigenvalue weighted by Gasteiger charge is 2.20. The van der Waals surface area contributed by atoms with Crippen LogP contribution in [0.25, 0.3) is 0 Å². The van der Waals surface area contributed by atoms with Gasteiger partial charge in [-0.25, -0.2) is 0 Å². The molecule has 102 valence electrons. The molecule has 2 heterocycles. The Morgan fingerprint density at radius 1 is 1.26 bits per heavy atom. The van der Waals surface area contributed by atoms with Crippen molar-refractivity contribution in [3.05, 3.63) is 47.7 Å². The van der Waals surface area contributed by atoms with Crippen LogP contribution in [0.3, 0.4) is 0 Å². The minimum atomic E-state index is 0.100. The fourth-order valence-electron chi connectivity index (χ4n) is 1.78. The highest BCUT2D eigenvalue weighted by atomic mass is 79.9. The molecule has 19 heavy (non-hydrogen) atoms. The highest BCUT2D eigenvalue weighted by molar-refractivity contribution is 9.11. The molecule has 0 aliphatic heterocycles. The first kappa shape index (κ1) is 15.6. The first-order valence-electron chi connectivity index (χ1n) is 5.89. The second kappa shape index (κ2) is 7.31. The van der Waals surface area contributed by atoms with Crippen LogP contribution in [0.15, 0.2) is 36.4 Å². The molecule has 2 aromatic rings. The van der Waals surface area contributed by atoms with Crippen molar-refractivity contribution in [2.45, 2.75) is 19.4 Å². The molecule has 0 aliphatic rings. The van der Waals surface area contributed by atoms with Crippen LogP contribution < -0.4 is 5.32 Å². The van der Waals surface area contributed by atoms with Gasteiger partial charge in [-0.2, -0.15) is 11.3 Å². The Hall–Kier alpha value is 0.250. The van der Waals surface area contributed by atoms with Gasteiger partial charge in [0.25, 0.3) is 0 Å². The van der Waals surface area contributed by atoms with E-state index in [0.717, 1.165) is 32.1 Å². The minimum Gasteiger partial charge on any atom is -0.305 e. The van der Waals surface area contributed by atoms with Gasteiger partial charge in [-0.05, 0) is 72.2 Å². The number of hydrogen-bond donors (Lipinski definition) is 1. The van der Waals surface area contributed by atoms with Gasteiger partial charge in [-0.3, -0.25) is 4.98 Å². The van der Waals surface area contributed by atoms with Crippen molar-refractivity contribution < 1.29 is 0 Å². The maximum Gasteiger partial charge on any atom is 0.0782 e. The molecule has 0 aromatic carbocycles. The zero-order valence-electron chi connectivity index (χ0n) is 10.3. The number of nitrogens with zero attached hydrogens (tertiary/aromatic N) is 1. The summed E-state index contributed by atoms with van der Waals surface area (Å²) < 4.78 is 3.11. The van der Waals surface area contributed by atoms with Gasteiger partial charge in [-0.1, -0.05) is 6.92 Å². The smallest absolute Gasteiger partial charge is 0.0782 e. The van der Waals surface area contributed by atoms with Crippen molar-refractivity contribution in [2.24, 2.45) is 0 Å². The van der Waals surface area contributed by atoms with Gasteiger partial charge in [0.15, 0.2) is 0 Å². The number of hydrogen-bond acceptors (Lipinski definition) is 3. The zero-order chi connectivity index (χ0) is 13.8. The number of nitrogens with one attached hydrogen (secondary N) is 1. The van der Waals surface area contributed by atoms with Crippen molar-refractivity contribution in [1.29, 1.82) is 0 Å². The molecule has 2 rings (SSSR count). The molecule has 2 aromatic heterocycles. The summed E-state index contributed by atoms with van der Waals surface area (Å²) in [5.74, 6) is 0. The normalized spacial score (nSPS) is 12.6. The van der Waals surface area contributed by atoms with Crippen LogP contribution in [0.2, 0.25) is 0 Å². The molecule has 0 amide bonds. The van der Waals surface area contributed by atoms with Crippen molar-refractivity contribution in [2.75, 3.05) is 6.54 Å². The molecule has 1 atom stereocenters. The molecule has 0 bridgehead atoms. The van der Waals surface area contributed by atoms with Crippen molar-refractivity contribution in [3.8, 4) is 0 Å². The van der Waals surface area contributed by atoms with E-state index in [0.29, 0.717) is 0 Å². The maximum atomic E-state index is 4.56. The summed E-state index contributed by atoms with van der Waals surface area (Å²) in [6, 6.07) is 2.13. The summed E-state index contributed by atoms with van der Waals surface area (Å²) >= 11 is 12.4. The molecule has 1 N–H and O–H groups in total. The largest absolute Gasteiger partial charge is 0.305 e. The summed E-state index contributed by atoms with van der Waals surface area (Å²) in [6.45, 7) is 3.12. The Labute approximate surface area is 142 Å². The molecule has 0 radical (unpaired) electrons. The van der Waals surface area contributed by atoms with Crippen LogP contribution in [0.1, 0.15) is 30.6 Å². The highest BCUT2D eigenvalue weighted by Crippen LogP contribution is 2.34. The third kappa shape index (κ3) is 3.88. The lowest BCUT2D eigenvalue weighted by Crippen LogP contribution is -2.24. The molecule has 0 saturated carbocycles. The molecule has 2 nitrogen and oxygen atoms in total. The average molecular weight is 469 g/mol. The Balaban J connectivity index is 2.40. The quantitative estimate of drug-likeness (QED) is 0.625. The van der Waals surface area contributed by atoms with Crippen LogP contribution in [0.4, 0.5) is 0 Å². The van der Waals surface area contributed by atoms with E-state index in [2.05, 4.69) is 75.8 Å². The number of rotatable bonds is 5. The van der Waals surface area contributed by atoms with Crippen molar-refractivity contribution >= 4 is 59.1 Å². The summed E-state index contributed by atoms with van der Waals surface area (Å²) in [5.41, 5.74) is 2.24. The average Bonchev–Trinajstić information content (AvgIpc) is 2.78. The number of halogens is 3. The summed E-state index contributed by atoms with van der Waals surface area (Å²) in [6.07, 6.45) is 2.92. The summed E-state index contributed by atoms with van der Waals surface area (Å²) in [5, 5.41) is 7.82. The van der Waals surface area contributed by atoms with Crippen LogP contribution >= 0.6 is 59.1 Å². The standard InChI is InChI=1S/C13H13Br3N2S/c1-2-3-17-12(9-6-19-7-11(9)16)13-10(15)4-8(14)5-18-13/h4-7,12,17H,2-3H2,1H3. The molecule has 0 saturated heterocycles. The van der Waals surface area contributed by atoms with Gasteiger partial charge < -0.3 is 5.32 Å². The van der Waals surface area contributed by atoms with Crippen molar-refractivity contribution in [3.63, 3.8) is 0 Å². The van der Waals surface area contributed by atoms with Gasteiger partial charge in [0.05, 0.1) is 11.7 Å². The fourth-order valence-corrected chi connectivity index (χ4v) is 4.55. The van der Waals surface area contributed by atoms with E-state index >= 15 is 0 Å². The molecule has 1 unspecified atom stereocenters. The Kier molecular flexibility index (Phi) is 6.02. The first-order chi connectivity index (χ1) is 9.13. The number of pyridine rings is 1. The van der Waals surface area contributed by atoms with Crippen LogP contribution in [-0.4, -0.2) is 11.5 Å². The van der Waals surface area contributed by atoms with Crippen LogP contribution in [0.5, 0.6) is 0 Å². The molecular weight excluding hydrogens is 456 g/mol. The predicted octanol–water partition coefficient (Wildman–Crippen LogP) is 5.52. The van der Waals surface area contributed by atoms with E-state index in [4.69, 9.17) is 0 Å². The summed E-state index contributed by atoms with van der Waals surface area (Å²) in [7, 11) is 0. The van der Waals surface area contributed by atoms with E-state index in [-0.39, 0.29) is 6.04 Å². The summed E-state index contributed by atoms with van der Waals surface area (Å²) in [4.78, 5) is 4.56. The topological polar surface area (TPSA) is 24.9 Å². The van der Waals surface area contributed by atoms with Crippen LogP contribution in [0, 0.1) is 0 Å². The second-order valence-corrected chi connectivity index (χ2v) is 7.45. The van der Waals surface area contributed by atoms with Gasteiger partial charge in [0, 0.05) is 30.6 Å². The third-order valence-corrected chi connectivity index (χ3v) is 5.48. The van der Waals surface area contributed by atoms with E-state index in [1.807, 2.05) is 12.3 Å². The fraction of sp³-hybridized carbons (Fsp3) is 0.308. The van der Waals surface area contributed by atoms with E-state index in [1.54, 1.807) is 11.3 Å². The molecule has 0 aliphatic carbocycles. The van der Waals surface area contributed by atoms with E-state index in [9.17, 15) is 0 Å². The van der Waals surface area contributed by atoms with E-state index < -0.39 is 0 Å². The SMILES string of the molecule is CCCNC(c1cscc1Br)c1ncc(Br)cc1Br. The van der Waals surface area contributed by atoms with Gasteiger partial charge >= 0.3 is 0 Å². The predicted molar refractivity (Wildman–Crippen MR) is 91.8 cm³/mol. The number of thiophene rings is 1. The zero-order valence-corrected chi connectivity index (χ0v) is 15.9. The van der Waals surface area contributed by atoms with E-state index in [1.165, 1.54) is 5.56 Å². The van der Waals surface area contributed by atoms with Gasteiger partial charge in [0.1, 0.15) is 0 Å². The molecule has 0 fully saturated rings. The Morgan fingerprint density at radius 2 is 2.05 bits per heavy atom. The second-order valence-electron chi connectivity index (χ2n) is 4.08. The number of aromatic nitrogens is 1. The lowest BCUT2D eigenvalue weighted by molar-refractivity contribution is 0.584. The lowest BCUT2D eigenvalue weighted by Gasteiger charge is -2.19. The maximum absolute atomic E-state index is 4.56. The first-order valence-corrected chi connectivity index (χ1v) is 9.21. The van der Waals surface area contributed by atoms with Crippen molar-refractivity contribution in [1.82, 2.24) is 10.3 Å². The third-order valence-electron chi connectivity index (χ3n) is 2.66. The monoisotopic (exact) mass is 466 g/mol. The molecule has 6 heteroatoms. The van der Waals surface area contributed by atoms with Gasteiger partial charge in [0.2, 0.25) is 0 Å². The minimum absolute atomic E-state index is 0.100. The molecular formula is C13H13Br3N2S. The lowest BCUT2D eigenvalue weighted by atomic mass is 10.1. The Bertz CT molecular complexity index is 557. The van der Waals surface area contributed by atoms with Crippen LogP contribution in [-0.2, 0) is 0 Å². The molecule has 0 spiro atoms.